The molecule has 0 saturated carbocycles. The van der Waals surface area contributed by atoms with E-state index < -0.39 is 40.7 Å². The van der Waals surface area contributed by atoms with Gasteiger partial charge in [-0.05, 0) is 47.5 Å². The summed E-state index contributed by atoms with van der Waals surface area (Å²) < 4.78 is 76.1. The van der Waals surface area contributed by atoms with Crippen molar-refractivity contribution in [3.8, 4) is 5.75 Å². The van der Waals surface area contributed by atoms with Crippen LogP contribution in [0.15, 0.2) is 65.3 Å². The first-order valence-electron chi connectivity index (χ1n) is 11.3. The molecule has 39 heavy (non-hydrogen) atoms. The predicted octanol–water partition coefficient (Wildman–Crippen LogP) is 8.23. The average Bonchev–Trinajstić information content (AvgIpc) is 3.20. The maximum absolute atomic E-state index is 14.5. The molecule has 0 aromatic heterocycles. The van der Waals surface area contributed by atoms with E-state index in [0.29, 0.717) is 32.3 Å². The number of fused-ring (bicyclic) bond motifs is 1. The van der Waals surface area contributed by atoms with E-state index in [4.69, 9.17) is 27.9 Å². The molecule has 4 aromatic carbocycles. The SMILES string of the molecule is CC1=NN(c2c(F)c(F)c(F)c(F)c2F)C(=O)/C1=C\c1c(OCc2ccc(Cl)c(Cl)c2)ccc2ccccc12. The molecule has 198 valence electrons. The first-order chi connectivity index (χ1) is 18.6. The molecule has 4 aromatic rings. The van der Waals surface area contributed by atoms with E-state index >= 15 is 0 Å². The Kier molecular flexibility index (Phi) is 7.05. The van der Waals surface area contributed by atoms with E-state index in [-0.39, 0.29) is 22.9 Å². The van der Waals surface area contributed by atoms with Crippen LogP contribution in [0.4, 0.5) is 27.6 Å². The number of amides is 1. The molecule has 1 aliphatic rings. The van der Waals surface area contributed by atoms with Crippen molar-refractivity contribution < 1.29 is 31.5 Å². The van der Waals surface area contributed by atoms with Gasteiger partial charge in [-0.25, -0.2) is 22.0 Å². The number of hydrogen-bond acceptors (Lipinski definition) is 3. The molecule has 0 atom stereocenters. The number of carbonyl (C=O) groups is 1. The van der Waals surface area contributed by atoms with Crippen molar-refractivity contribution >= 4 is 57.4 Å². The Balaban J connectivity index is 1.58. The number of anilines is 1. The van der Waals surface area contributed by atoms with Crippen molar-refractivity contribution in [1.29, 1.82) is 0 Å². The quantitative estimate of drug-likeness (QED) is 0.104. The Labute approximate surface area is 228 Å². The molecule has 0 radical (unpaired) electrons. The molecule has 4 nitrogen and oxygen atoms in total. The number of carbonyl (C=O) groups excluding carboxylic acids is 1. The van der Waals surface area contributed by atoms with E-state index in [0.717, 1.165) is 5.39 Å². The van der Waals surface area contributed by atoms with Crippen LogP contribution in [0.2, 0.25) is 10.0 Å². The minimum absolute atomic E-state index is 0.00712. The highest BCUT2D eigenvalue weighted by atomic mass is 35.5. The average molecular weight is 577 g/mol. The van der Waals surface area contributed by atoms with Gasteiger partial charge in [0, 0.05) is 5.56 Å². The minimum atomic E-state index is -2.34. The Morgan fingerprint density at radius 3 is 2.23 bits per heavy atom. The van der Waals surface area contributed by atoms with Gasteiger partial charge < -0.3 is 4.74 Å². The zero-order valence-electron chi connectivity index (χ0n) is 19.8. The Bertz CT molecular complexity index is 1710. The van der Waals surface area contributed by atoms with Gasteiger partial charge in [0.2, 0.25) is 5.82 Å². The third-order valence-corrected chi connectivity index (χ3v) is 6.80. The lowest BCUT2D eigenvalue weighted by atomic mass is 9.99. The van der Waals surface area contributed by atoms with Crippen molar-refractivity contribution in [3.63, 3.8) is 0 Å². The van der Waals surface area contributed by atoms with E-state index in [1.807, 2.05) is 12.1 Å². The van der Waals surface area contributed by atoms with Gasteiger partial charge in [-0.2, -0.15) is 10.1 Å². The van der Waals surface area contributed by atoms with Gasteiger partial charge in [0.05, 0.1) is 21.3 Å². The molecule has 11 heteroatoms. The van der Waals surface area contributed by atoms with Gasteiger partial charge in [-0.3, -0.25) is 4.79 Å². The Morgan fingerprint density at radius 2 is 1.54 bits per heavy atom. The van der Waals surface area contributed by atoms with Crippen LogP contribution in [-0.2, 0) is 11.4 Å². The molecule has 1 amide bonds. The number of hydrogen-bond donors (Lipinski definition) is 0. The third kappa shape index (κ3) is 4.72. The largest absolute Gasteiger partial charge is 0.488 e. The summed E-state index contributed by atoms with van der Waals surface area (Å²) in [4.78, 5) is 13.2. The first-order valence-corrected chi connectivity index (χ1v) is 12.1. The molecule has 0 fully saturated rings. The molecule has 0 spiro atoms. The maximum Gasteiger partial charge on any atom is 0.280 e. The lowest BCUT2D eigenvalue weighted by molar-refractivity contribution is -0.114. The van der Waals surface area contributed by atoms with E-state index in [2.05, 4.69) is 5.10 Å². The van der Waals surface area contributed by atoms with Crippen LogP contribution in [0.3, 0.4) is 0 Å². The van der Waals surface area contributed by atoms with Gasteiger partial charge in [0.15, 0.2) is 23.3 Å². The van der Waals surface area contributed by atoms with E-state index in [1.54, 1.807) is 42.5 Å². The smallest absolute Gasteiger partial charge is 0.280 e. The minimum Gasteiger partial charge on any atom is -0.488 e. The highest BCUT2D eigenvalue weighted by Crippen LogP contribution is 2.36. The van der Waals surface area contributed by atoms with E-state index in [9.17, 15) is 26.7 Å². The molecule has 0 aliphatic carbocycles. The molecule has 0 bridgehead atoms. The summed E-state index contributed by atoms with van der Waals surface area (Å²) in [6.07, 6.45) is 1.40. The van der Waals surface area contributed by atoms with Crippen molar-refractivity contribution in [2.75, 3.05) is 5.01 Å². The number of ether oxygens (including phenoxy) is 1. The summed E-state index contributed by atoms with van der Waals surface area (Å²) in [6, 6.07) is 15.7. The molecule has 0 saturated heterocycles. The number of rotatable bonds is 5. The van der Waals surface area contributed by atoms with Crippen LogP contribution in [0.25, 0.3) is 16.8 Å². The van der Waals surface area contributed by atoms with Crippen molar-refractivity contribution in [1.82, 2.24) is 0 Å². The van der Waals surface area contributed by atoms with Gasteiger partial charge >= 0.3 is 0 Å². The van der Waals surface area contributed by atoms with Crippen LogP contribution in [0, 0.1) is 29.1 Å². The summed E-state index contributed by atoms with van der Waals surface area (Å²) in [6.45, 7) is 1.46. The summed E-state index contributed by atoms with van der Waals surface area (Å²) in [7, 11) is 0. The van der Waals surface area contributed by atoms with Crippen LogP contribution in [0.5, 0.6) is 5.75 Å². The second kappa shape index (κ2) is 10.3. The Morgan fingerprint density at radius 1 is 0.872 bits per heavy atom. The molecule has 0 N–H and O–H groups in total. The van der Waals surface area contributed by atoms with Crippen LogP contribution in [-0.4, -0.2) is 11.6 Å². The number of halogens is 7. The zero-order valence-corrected chi connectivity index (χ0v) is 21.3. The van der Waals surface area contributed by atoms with Crippen molar-refractivity contribution in [2.45, 2.75) is 13.5 Å². The van der Waals surface area contributed by atoms with Crippen LogP contribution < -0.4 is 9.75 Å². The number of nitrogens with zero attached hydrogens (tertiary/aromatic N) is 2. The van der Waals surface area contributed by atoms with Gasteiger partial charge in [-0.1, -0.05) is 59.6 Å². The highest BCUT2D eigenvalue weighted by molar-refractivity contribution is 6.42. The zero-order chi connectivity index (χ0) is 28.0. The normalized spacial score (nSPS) is 14.5. The van der Waals surface area contributed by atoms with Crippen LogP contribution in [0.1, 0.15) is 18.1 Å². The van der Waals surface area contributed by atoms with Gasteiger partial charge in [-0.15, -0.1) is 0 Å². The van der Waals surface area contributed by atoms with Gasteiger partial charge in [0.25, 0.3) is 5.91 Å². The Hall–Kier alpha value is -3.95. The summed E-state index contributed by atoms with van der Waals surface area (Å²) in [5.74, 6) is -11.8. The summed E-state index contributed by atoms with van der Waals surface area (Å²) in [5, 5.41) is 6.16. The summed E-state index contributed by atoms with van der Waals surface area (Å²) >= 11 is 12.1. The lowest BCUT2D eigenvalue weighted by Gasteiger charge is -2.15. The summed E-state index contributed by atoms with van der Waals surface area (Å²) in [5.41, 5.74) is -0.455. The van der Waals surface area contributed by atoms with E-state index in [1.165, 1.54) is 13.0 Å². The molecular weight excluding hydrogens is 562 g/mol. The maximum atomic E-state index is 14.5. The fourth-order valence-corrected chi connectivity index (χ4v) is 4.42. The topological polar surface area (TPSA) is 41.9 Å². The van der Waals surface area contributed by atoms with Crippen molar-refractivity contribution in [3.05, 3.63) is 110 Å². The first kappa shape index (κ1) is 26.6. The molecule has 5 rings (SSSR count). The standard InChI is InChI=1S/C28H15Cl2F5N2O2/c1-13-17(28(38)37(36-13)27-25(34)23(32)22(31)24(33)26(27)35)11-18-16-5-3-2-4-15(16)7-9-21(18)39-12-14-6-8-19(29)20(30)10-14/h2-11H,12H2,1H3/b17-11-. The molecule has 1 heterocycles. The second-order valence-electron chi connectivity index (χ2n) is 8.51. The fraction of sp³-hybridized carbons (Fsp3) is 0.0714. The predicted molar refractivity (Wildman–Crippen MR) is 140 cm³/mol. The fourth-order valence-electron chi connectivity index (χ4n) is 4.10. The number of hydrazone groups is 1. The van der Waals surface area contributed by atoms with Crippen molar-refractivity contribution in [2.24, 2.45) is 5.10 Å². The molecular formula is C28H15Cl2F5N2O2. The monoisotopic (exact) mass is 576 g/mol. The number of benzene rings is 4. The second-order valence-corrected chi connectivity index (χ2v) is 9.33. The lowest BCUT2D eigenvalue weighted by Crippen LogP contribution is -2.25. The molecule has 0 unspecified atom stereocenters. The van der Waals surface area contributed by atoms with Gasteiger partial charge in [0.1, 0.15) is 18.0 Å². The van der Waals surface area contributed by atoms with Crippen LogP contribution >= 0.6 is 23.2 Å². The molecule has 1 aliphatic heterocycles. The third-order valence-electron chi connectivity index (χ3n) is 6.06. The highest BCUT2D eigenvalue weighted by Gasteiger charge is 2.37.